The van der Waals surface area contributed by atoms with E-state index in [1.807, 2.05) is 0 Å². The molecule has 4 fully saturated rings. The van der Waals surface area contributed by atoms with E-state index in [1.54, 1.807) is 0 Å². The molecule has 4 aliphatic rings. The van der Waals surface area contributed by atoms with Crippen molar-refractivity contribution in [3.8, 4) is 0 Å². The first kappa shape index (κ1) is 34.7. The van der Waals surface area contributed by atoms with Crippen LogP contribution in [0.2, 0.25) is 0 Å². The van der Waals surface area contributed by atoms with Gasteiger partial charge in [-0.05, 0) is 32.2 Å². The van der Waals surface area contributed by atoms with Crippen molar-refractivity contribution < 1.29 is 49.6 Å². The van der Waals surface area contributed by atoms with Gasteiger partial charge in [0, 0.05) is 43.6 Å². The van der Waals surface area contributed by atoms with Gasteiger partial charge in [-0.15, -0.1) is 0 Å². The van der Waals surface area contributed by atoms with E-state index in [2.05, 4.69) is 10.6 Å². The Morgan fingerprint density at radius 2 is 1.74 bits per heavy atom. The highest BCUT2D eigenvalue weighted by Crippen LogP contribution is 2.39. The maximum Gasteiger partial charge on any atom is 0.253 e. The molecule has 2 aliphatic carbocycles. The third kappa shape index (κ3) is 7.48. The SMILES string of the molecule is NCCC(O)CNC1CCC(CN)OC1C1C(N)CC(NC(=O)C2(O)CC2N)C(OC2OC(CO)C(O)C(N)C2O)C1O. The second-order valence-corrected chi connectivity index (χ2v) is 12.4. The lowest BCUT2D eigenvalue weighted by molar-refractivity contribution is -0.306. The van der Waals surface area contributed by atoms with Gasteiger partial charge in [0.25, 0.3) is 5.91 Å². The first-order chi connectivity index (χ1) is 20.4. The van der Waals surface area contributed by atoms with Crippen LogP contribution in [0.3, 0.4) is 0 Å². The van der Waals surface area contributed by atoms with E-state index in [1.165, 1.54) is 0 Å². The average Bonchev–Trinajstić information content (AvgIpc) is 3.61. The fraction of sp³-hybridized carbons (Fsp3) is 0.962. The van der Waals surface area contributed by atoms with Crippen molar-refractivity contribution in [2.45, 2.75) is 123 Å². The molecule has 0 radical (unpaired) electrons. The van der Waals surface area contributed by atoms with Crippen molar-refractivity contribution in [2.75, 3.05) is 26.2 Å². The molecule has 0 spiro atoms. The molecule has 18 N–H and O–H groups in total. The van der Waals surface area contributed by atoms with Gasteiger partial charge in [0.05, 0.1) is 43.1 Å². The smallest absolute Gasteiger partial charge is 0.253 e. The maximum absolute atomic E-state index is 13.0. The first-order valence-electron chi connectivity index (χ1n) is 15.1. The van der Waals surface area contributed by atoms with Crippen molar-refractivity contribution in [3.63, 3.8) is 0 Å². The predicted octanol–water partition coefficient (Wildman–Crippen LogP) is -7.03. The van der Waals surface area contributed by atoms with Crippen molar-refractivity contribution >= 4 is 5.91 Å². The summed E-state index contributed by atoms with van der Waals surface area (Å²) in [4.78, 5) is 13.0. The topological polar surface area (TPSA) is 320 Å². The Hall–Kier alpha value is -1.13. The molecular formula is C26H51N7O10. The highest BCUT2D eigenvalue weighted by molar-refractivity contribution is 5.89. The van der Waals surface area contributed by atoms with E-state index >= 15 is 0 Å². The lowest BCUT2D eigenvalue weighted by Gasteiger charge is -2.51. The van der Waals surface area contributed by atoms with Gasteiger partial charge in [-0.1, -0.05) is 0 Å². The number of nitrogens with one attached hydrogen (secondary N) is 2. The van der Waals surface area contributed by atoms with Crippen molar-refractivity contribution in [1.82, 2.24) is 10.6 Å². The maximum atomic E-state index is 13.0. The molecule has 0 aromatic carbocycles. The summed E-state index contributed by atoms with van der Waals surface area (Å²) in [5.41, 5.74) is 28.1. The first-order valence-corrected chi connectivity index (χ1v) is 15.1. The molecule has 1 amide bonds. The van der Waals surface area contributed by atoms with E-state index in [4.69, 9.17) is 42.9 Å². The van der Waals surface area contributed by atoms with Crippen LogP contribution in [0.1, 0.15) is 32.1 Å². The normalized spacial score (nSPS) is 47.6. The number of hydrogen-bond donors (Lipinski definition) is 13. The summed E-state index contributed by atoms with van der Waals surface area (Å²) in [6.07, 6.45) is -8.22. The fourth-order valence-corrected chi connectivity index (χ4v) is 6.51. The molecule has 17 heteroatoms. The number of rotatable bonds is 12. The molecule has 2 aliphatic heterocycles. The van der Waals surface area contributed by atoms with E-state index in [-0.39, 0.29) is 38.1 Å². The number of aliphatic hydroxyl groups is 6. The Kier molecular flexibility index (Phi) is 11.7. The summed E-state index contributed by atoms with van der Waals surface area (Å²) in [6, 6.07) is -4.04. The van der Waals surface area contributed by atoms with Gasteiger partial charge in [0.2, 0.25) is 0 Å². The molecule has 17 nitrogen and oxygen atoms in total. The molecule has 4 rings (SSSR count). The largest absolute Gasteiger partial charge is 0.394 e. The highest BCUT2D eigenvalue weighted by atomic mass is 16.7. The minimum absolute atomic E-state index is 0.0590. The van der Waals surface area contributed by atoms with E-state index in [0.717, 1.165) is 0 Å². The zero-order valence-corrected chi connectivity index (χ0v) is 24.2. The Bertz CT molecular complexity index is 926. The molecule has 16 unspecified atom stereocenters. The van der Waals surface area contributed by atoms with Gasteiger partial charge >= 0.3 is 0 Å². The Morgan fingerprint density at radius 3 is 2.35 bits per heavy atom. The molecule has 250 valence electrons. The summed E-state index contributed by atoms with van der Waals surface area (Å²) in [7, 11) is 0. The van der Waals surface area contributed by atoms with Crippen LogP contribution in [-0.2, 0) is 19.0 Å². The molecule has 0 aromatic heterocycles. The number of carbonyl (C=O) groups is 1. The van der Waals surface area contributed by atoms with Gasteiger partial charge in [0.15, 0.2) is 11.9 Å². The van der Waals surface area contributed by atoms with Gasteiger partial charge in [-0.25, -0.2) is 0 Å². The average molecular weight is 622 g/mol. The van der Waals surface area contributed by atoms with Crippen molar-refractivity contribution in [1.29, 1.82) is 0 Å². The molecule has 2 heterocycles. The number of amides is 1. The number of carbonyl (C=O) groups excluding carboxylic acids is 1. The summed E-state index contributed by atoms with van der Waals surface area (Å²) in [5.74, 6) is -1.54. The second-order valence-electron chi connectivity index (χ2n) is 12.4. The molecule has 2 saturated carbocycles. The van der Waals surface area contributed by atoms with Crippen LogP contribution in [0.5, 0.6) is 0 Å². The second kappa shape index (κ2) is 14.5. The van der Waals surface area contributed by atoms with Crippen LogP contribution >= 0.6 is 0 Å². The minimum Gasteiger partial charge on any atom is -0.394 e. The monoisotopic (exact) mass is 621 g/mol. The summed E-state index contributed by atoms with van der Waals surface area (Å²) >= 11 is 0. The summed E-state index contributed by atoms with van der Waals surface area (Å²) < 4.78 is 18.1. The Balaban J connectivity index is 1.60. The van der Waals surface area contributed by atoms with Crippen LogP contribution in [-0.4, -0.2) is 154 Å². The molecule has 0 aromatic rings. The molecule has 0 bridgehead atoms. The molecule has 2 saturated heterocycles. The Morgan fingerprint density at radius 1 is 1.05 bits per heavy atom. The van der Waals surface area contributed by atoms with Gasteiger partial charge in [-0.3, -0.25) is 4.79 Å². The highest BCUT2D eigenvalue weighted by Gasteiger charge is 2.59. The van der Waals surface area contributed by atoms with Gasteiger partial charge in [-0.2, -0.15) is 0 Å². The lowest BCUT2D eigenvalue weighted by atomic mass is 9.72. The molecule has 16 atom stereocenters. The van der Waals surface area contributed by atoms with E-state index in [0.29, 0.717) is 25.8 Å². The van der Waals surface area contributed by atoms with Crippen LogP contribution in [0, 0.1) is 5.92 Å². The minimum atomic E-state index is -1.77. The van der Waals surface area contributed by atoms with E-state index in [9.17, 15) is 35.4 Å². The number of aliphatic hydroxyl groups excluding tert-OH is 5. The fourth-order valence-electron chi connectivity index (χ4n) is 6.51. The molecular weight excluding hydrogens is 570 g/mol. The third-order valence-corrected chi connectivity index (χ3v) is 9.37. The summed E-state index contributed by atoms with van der Waals surface area (Å²) in [5, 5.41) is 69.4. The summed E-state index contributed by atoms with van der Waals surface area (Å²) in [6.45, 7) is 0.162. The standard InChI is InChI=1S/C26H51N7O10/c27-4-3-10(35)8-32-13-2-1-11(7-28)41-22(13)17-12(29)5-14(33-25(39)26(40)6-16(26)30)23(20(17)37)43-24-21(38)18(31)19(36)15(9-34)42-24/h10-24,32,34-38,40H,1-9,27-31H2,(H,33,39). The third-order valence-electron chi connectivity index (χ3n) is 9.37. The lowest BCUT2D eigenvalue weighted by Crippen LogP contribution is -2.70. The predicted molar refractivity (Wildman–Crippen MR) is 151 cm³/mol. The van der Waals surface area contributed by atoms with Crippen LogP contribution < -0.4 is 39.3 Å². The van der Waals surface area contributed by atoms with Crippen molar-refractivity contribution in [3.05, 3.63) is 0 Å². The Labute approximate surface area is 250 Å². The van der Waals surface area contributed by atoms with Crippen LogP contribution in [0.15, 0.2) is 0 Å². The zero-order chi connectivity index (χ0) is 31.6. The van der Waals surface area contributed by atoms with Gasteiger partial charge < -0.3 is 84.2 Å². The zero-order valence-electron chi connectivity index (χ0n) is 24.2. The quantitative estimate of drug-likeness (QED) is 0.0962. The van der Waals surface area contributed by atoms with Crippen molar-refractivity contribution in [2.24, 2.45) is 34.6 Å². The van der Waals surface area contributed by atoms with E-state index < -0.39 is 97.2 Å². The number of hydrogen-bond acceptors (Lipinski definition) is 16. The number of nitrogens with two attached hydrogens (primary N) is 5. The van der Waals surface area contributed by atoms with Gasteiger partial charge in [0.1, 0.15) is 24.4 Å². The molecule has 43 heavy (non-hydrogen) atoms. The van der Waals surface area contributed by atoms with Crippen LogP contribution in [0.4, 0.5) is 0 Å². The van der Waals surface area contributed by atoms with Crippen LogP contribution in [0.25, 0.3) is 0 Å². The number of ether oxygens (including phenoxy) is 3.